The first-order valence-corrected chi connectivity index (χ1v) is 6.93. The predicted molar refractivity (Wildman–Crippen MR) is 68.3 cm³/mol. The van der Waals surface area contributed by atoms with Crippen molar-refractivity contribution < 1.29 is 9.47 Å². The van der Waals surface area contributed by atoms with Crippen molar-refractivity contribution in [2.24, 2.45) is 0 Å². The van der Waals surface area contributed by atoms with Crippen LogP contribution in [0.5, 0.6) is 0 Å². The summed E-state index contributed by atoms with van der Waals surface area (Å²) in [6.07, 6.45) is 5.05. The average Bonchev–Trinajstić information content (AvgIpc) is 2.66. The molecule has 0 aromatic heterocycles. The summed E-state index contributed by atoms with van der Waals surface area (Å²) in [4.78, 5) is 2.55. The number of hydrogen-bond donors (Lipinski definition) is 1. The molecule has 4 nitrogen and oxygen atoms in total. The molecule has 0 saturated carbocycles. The van der Waals surface area contributed by atoms with Crippen LogP contribution < -0.4 is 5.32 Å². The van der Waals surface area contributed by atoms with Crippen molar-refractivity contribution in [2.75, 3.05) is 46.6 Å². The van der Waals surface area contributed by atoms with Gasteiger partial charge in [0.05, 0.1) is 6.61 Å². The summed E-state index contributed by atoms with van der Waals surface area (Å²) in [5.74, 6) is 0. The molecule has 0 aromatic rings. The molecule has 0 amide bonds. The smallest absolute Gasteiger partial charge is 0.0593 e. The number of ether oxygens (including phenoxy) is 2. The maximum atomic E-state index is 5.62. The normalized spacial score (nSPS) is 29.5. The highest BCUT2D eigenvalue weighted by atomic mass is 16.5. The molecular formula is C13H26N2O2. The number of likely N-dealkylation sites (tertiary alicyclic amines) is 1. The van der Waals surface area contributed by atoms with E-state index in [9.17, 15) is 0 Å². The monoisotopic (exact) mass is 242 g/mol. The Hall–Kier alpha value is -0.160. The van der Waals surface area contributed by atoms with Crippen molar-refractivity contribution >= 4 is 0 Å². The van der Waals surface area contributed by atoms with Gasteiger partial charge in [0.1, 0.15) is 0 Å². The lowest BCUT2D eigenvalue weighted by molar-refractivity contribution is 0.0826. The fraction of sp³-hybridized carbons (Fsp3) is 1.00. The van der Waals surface area contributed by atoms with Crippen molar-refractivity contribution in [1.82, 2.24) is 10.2 Å². The lowest BCUT2D eigenvalue weighted by Gasteiger charge is -2.23. The number of fused-ring (bicyclic) bond motifs is 2. The van der Waals surface area contributed by atoms with Gasteiger partial charge in [0, 0.05) is 45.5 Å². The van der Waals surface area contributed by atoms with Crippen molar-refractivity contribution in [3.8, 4) is 0 Å². The third kappa shape index (κ3) is 4.54. The molecule has 4 heteroatoms. The fourth-order valence-corrected chi connectivity index (χ4v) is 2.82. The molecule has 2 fully saturated rings. The van der Waals surface area contributed by atoms with E-state index in [1.54, 1.807) is 7.11 Å². The van der Waals surface area contributed by atoms with Gasteiger partial charge in [-0.25, -0.2) is 0 Å². The third-order valence-electron chi connectivity index (χ3n) is 3.80. The van der Waals surface area contributed by atoms with Crippen LogP contribution in [0.3, 0.4) is 0 Å². The van der Waals surface area contributed by atoms with E-state index < -0.39 is 0 Å². The summed E-state index contributed by atoms with van der Waals surface area (Å²) in [6.45, 7) is 6.01. The van der Waals surface area contributed by atoms with Crippen LogP contribution in [0.25, 0.3) is 0 Å². The second-order valence-corrected chi connectivity index (χ2v) is 5.19. The van der Waals surface area contributed by atoms with Crippen LogP contribution in [0, 0.1) is 0 Å². The molecular weight excluding hydrogens is 216 g/mol. The van der Waals surface area contributed by atoms with Gasteiger partial charge in [-0.15, -0.1) is 0 Å². The number of rotatable bonds is 7. The van der Waals surface area contributed by atoms with Gasteiger partial charge < -0.3 is 14.8 Å². The second-order valence-electron chi connectivity index (χ2n) is 5.19. The van der Waals surface area contributed by atoms with E-state index in [-0.39, 0.29) is 0 Å². The molecule has 0 radical (unpaired) electrons. The lowest BCUT2D eigenvalue weighted by atomic mass is 10.1. The SMILES string of the molecule is COCCCOCCN1CCC2CCC(C1)N2. The van der Waals surface area contributed by atoms with Crippen molar-refractivity contribution in [3.05, 3.63) is 0 Å². The zero-order valence-electron chi connectivity index (χ0n) is 11.0. The summed E-state index contributed by atoms with van der Waals surface area (Å²) < 4.78 is 10.6. The topological polar surface area (TPSA) is 33.7 Å². The minimum Gasteiger partial charge on any atom is -0.385 e. The quantitative estimate of drug-likeness (QED) is 0.672. The number of nitrogens with one attached hydrogen (secondary N) is 1. The first-order chi connectivity index (χ1) is 8.38. The number of methoxy groups -OCH3 is 1. The van der Waals surface area contributed by atoms with E-state index >= 15 is 0 Å². The van der Waals surface area contributed by atoms with Gasteiger partial charge in [-0.3, -0.25) is 4.90 Å². The molecule has 2 saturated heterocycles. The highest BCUT2D eigenvalue weighted by Gasteiger charge is 2.28. The van der Waals surface area contributed by atoms with Crippen LogP contribution in [0.15, 0.2) is 0 Å². The summed E-state index contributed by atoms with van der Waals surface area (Å²) in [5, 5.41) is 3.70. The molecule has 0 aliphatic carbocycles. The molecule has 100 valence electrons. The van der Waals surface area contributed by atoms with Crippen LogP contribution >= 0.6 is 0 Å². The molecule has 2 atom stereocenters. The highest BCUT2D eigenvalue weighted by molar-refractivity contribution is 4.89. The van der Waals surface area contributed by atoms with Crippen LogP contribution in [-0.4, -0.2) is 63.5 Å². The van der Waals surface area contributed by atoms with E-state index in [1.807, 2.05) is 0 Å². The first-order valence-electron chi connectivity index (χ1n) is 6.93. The van der Waals surface area contributed by atoms with Crippen LogP contribution in [0.2, 0.25) is 0 Å². The molecule has 17 heavy (non-hydrogen) atoms. The Morgan fingerprint density at radius 3 is 2.88 bits per heavy atom. The fourth-order valence-electron chi connectivity index (χ4n) is 2.82. The Labute approximate surface area is 105 Å². The Balaban J connectivity index is 1.53. The average molecular weight is 242 g/mol. The summed E-state index contributed by atoms with van der Waals surface area (Å²) >= 11 is 0. The minimum atomic E-state index is 0.732. The predicted octanol–water partition coefficient (Wildman–Crippen LogP) is 0.866. The van der Waals surface area contributed by atoms with E-state index in [1.165, 1.54) is 32.4 Å². The molecule has 2 rings (SSSR count). The van der Waals surface area contributed by atoms with Crippen LogP contribution in [0.1, 0.15) is 25.7 Å². The first kappa shape index (κ1) is 13.3. The van der Waals surface area contributed by atoms with Gasteiger partial charge in [-0.2, -0.15) is 0 Å². The molecule has 0 spiro atoms. The van der Waals surface area contributed by atoms with Crippen molar-refractivity contribution in [2.45, 2.75) is 37.8 Å². The maximum absolute atomic E-state index is 5.62. The Morgan fingerprint density at radius 1 is 1.12 bits per heavy atom. The van der Waals surface area contributed by atoms with E-state index in [2.05, 4.69) is 10.2 Å². The Morgan fingerprint density at radius 2 is 2.00 bits per heavy atom. The van der Waals surface area contributed by atoms with E-state index in [0.717, 1.165) is 44.9 Å². The Bertz CT molecular complexity index is 214. The molecule has 1 N–H and O–H groups in total. The molecule has 2 aliphatic heterocycles. The van der Waals surface area contributed by atoms with Crippen molar-refractivity contribution in [3.63, 3.8) is 0 Å². The Kier molecular flexibility index (Phi) is 5.71. The summed E-state index contributed by atoms with van der Waals surface area (Å²) in [5.41, 5.74) is 0. The number of hydrogen-bond acceptors (Lipinski definition) is 4. The molecule has 2 aliphatic rings. The third-order valence-corrected chi connectivity index (χ3v) is 3.80. The van der Waals surface area contributed by atoms with Gasteiger partial charge in [0.2, 0.25) is 0 Å². The van der Waals surface area contributed by atoms with Gasteiger partial charge in [-0.1, -0.05) is 0 Å². The summed E-state index contributed by atoms with van der Waals surface area (Å²) in [7, 11) is 1.74. The minimum absolute atomic E-state index is 0.732. The van der Waals surface area contributed by atoms with Crippen molar-refractivity contribution in [1.29, 1.82) is 0 Å². The molecule has 2 bridgehead atoms. The van der Waals surface area contributed by atoms with E-state index in [4.69, 9.17) is 9.47 Å². The van der Waals surface area contributed by atoms with Gasteiger partial charge in [-0.05, 0) is 32.2 Å². The summed E-state index contributed by atoms with van der Waals surface area (Å²) in [6, 6.07) is 1.52. The standard InChI is InChI=1S/C13H26N2O2/c1-16-8-2-9-17-10-7-15-6-5-12-3-4-13(11-15)14-12/h12-14H,2-11H2,1H3. The second kappa shape index (κ2) is 7.31. The van der Waals surface area contributed by atoms with Gasteiger partial charge in [0.15, 0.2) is 0 Å². The van der Waals surface area contributed by atoms with E-state index in [0.29, 0.717) is 0 Å². The lowest BCUT2D eigenvalue weighted by Crippen LogP contribution is -2.37. The zero-order chi connectivity index (χ0) is 11.9. The molecule has 2 unspecified atom stereocenters. The maximum Gasteiger partial charge on any atom is 0.0593 e. The van der Waals surface area contributed by atoms with Gasteiger partial charge in [0.25, 0.3) is 0 Å². The highest BCUT2D eigenvalue weighted by Crippen LogP contribution is 2.19. The molecule has 2 heterocycles. The van der Waals surface area contributed by atoms with Gasteiger partial charge >= 0.3 is 0 Å². The van der Waals surface area contributed by atoms with Crippen LogP contribution in [0.4, 0.5) is 0 Å². The largest absolute Gasteiger partial charge is 0.385 e. The zero-order valence-corrected chi connectivity index (χ0v) is 11.0. The van der Waals surface area contributed by atoms with Crippen LogP contribution in [-0.2, 0) is 9.47 Å². The molecule has 0 aromatic carbocycles. The number of nitrogens with zero attached hydrogens (tertiary/aromatic N) is 1.